The maximum absolute atomic E-state index is 12.4. The first-order valence-electron chi connectivity index (χ1n) is 7.90. The molecule has 1 aliphatic heterocycles. The molecule has 2 aromatic rings. The fourth-order valence-corrected chi connectivity index (χ4v) is 2.83. The topological polar surface area (TPSA) is 71.3 Å². The molecule has 27 heavy (non-hydrogen) atoms. The van der Waals surface area contributed by atoms with Crippen molar-refractivity contribution in [2.24, 2.45) is 0 Å². The van der Waals surface area contributed by atoms with E-state index >= 15 is 0 Å². The fraction of sp³-hybridized carbons (Fsp3) is 0.100. The maximum Gasteiger partial charge on any atom is 0.266 e. The first-order chi connectivity index (χ1) is 13.0. The first kappa shape index (κ1) is 18.8. The third-order valence-corrected chi connectivity index (χ3v) is 4.39. The molecule has 5 nitrogen and oxygen atoms in total. The third kappa shape index (κ3) is 4.43. The van der Waals surface area contributed by atoms with E-state index in [0.29, 0.717) is 32.8 Å². The first-order valence-corrected chi connectivity index (χ1v) is 8.65. The number of carbonyl (C=O) groups excluding carboxylic acids is 1. The van der Waals surface area contributed by atoms with Gasteiger partial charge in [0.05, 0.1) is 17.8 Å². The van der Waals surface area contributed by atoms with E-state index in [1.54, 1.807) is 25.3 Å². The highest BCUT2D eigenvalue weighted by Crippen LogP contribution is 2.31. The number of ether oxygens (including phenoxy) is 2. The van der Waals surface area contributed by atoms with E-state index < -0.39 is 5.91 Å². The van der Waals surface area contributed by atoms with Crippen molar-refractivity contribution < 1.29 is 14.3 Å². The highest BCUT2D eigenvalue weighted by atomic mass is 35.5. The molecule has 0 saturated carbocycles. The lowest BCUT2D eigenvalue weighted by Gasteiger charge is -2.17. The Balaban J connectivity index is 1.83. The summed E-state index contributed by atoms with van der Waals surface area (Å²) in [5.74, 6) is 0.792. The quantitative estimate of drug-likeness (QED) is 0.586. The number of amides is 1. The Morgan fingerprint density at radius 2 is 2.11 bits per heavy atom. The minimum Gasteiger partial charge on any atom is -0.497 e. The molecule has 136 valence electrons. The summed E-state index contributed by atoms with van der Waals surface area (Å²) in [4.78, 5) is 12.4. The van der Waals surface area contributed by atoms with E-state index in [9.17, 15) is 10.1 Å². The normalized spacial score (nSPS) is 13.0. The Labute approximate surface area is 166 Å². The molecule has 0 bridgehead atoms. The predicted molar refractivity (Wildman–Crippen MR) is 105 cm³/mol. The standard InChI is InChI=1S/C20H14Cl2N2O3/c1-26-16-4-2-13-6-12(11-27-19(13)9-16)7-14(10-23)20(25)24-18-8-15(21)3-5-17(18)22/h2-9H,11H2,1H3,(H,24,25)/b14-7+. The summed E-state index contributed by atoms with van der Waals surface area (Å²) in [6, 6.07) is 12.0. The van der Waals surface area contributed by atoms with Gasteiger partial charge in [-0.25, -0.2) is 0 Å². The van der Waals surface area contributed by atoms with Gasteiger partial charge in [-0.15, -0.1) is 0 Å². The molecule has 7 heteroatoms. The van der Waals surface area contributed by atoms with Crippen LogP contribution in [-0.2, 0) is 4.79 Å². The molecule has 0 spiro atoms. The summed E-state index contributed by atoms with van der Waals surface area (Å²) >= 11 is 12.0. The Bertz CT molecular complexity index is 1010. The largest absolute Gasteiger partial charge is 0.497 e. The number of fused-ring (bicyclic) bond motifs is 1. The minimum atomic E-state index is -0.580. The second kappa shape index (κ2) is 8.17. The van der Waals surface area contributed by atoms with Crippen molar-refractivity contribution in [2.75, 3.05) is 19.0 Å². The number of hydrogen-bond donors (Lipinski definition) is 1. The smallest absolute Gasteiger partial charge is 0.266 e. The van der Waals surface area contributed by atoms with Crippen LogP contribution in [0.3, 0.4) is 0 Å². The summed E-state index contributed by atoms with van der Waals surface area (Å²) < 4.78 is 10.9. The molecular formula is C20H14Cl2N2O3. The minimum absolute atomic E-state index is 0.0714. The van der Waals surface area contributed by atoms with Crippen LogP contribution >= 0.6 is 23.2 Å². The Morgan fingerprint density at radius 3 is 2.85 bits per heavy atom. The van der Waals surface area contributed by atoms with Crippen LogP contribution in [0.15, 0.2) is 53.6 Å². The highest BCUT2D eigenvalue weighted by molar-refractivity contribution is 6.36. The molecule has 0 aliphatic carbocycles. The molecule has 1 N–H and O–H groups in total. The number of halogens is 2. The summed E-state index contributed by atoms with van der Waals surface area (Å²) in [7, 11) is 1.58. The number of nitrogens with one attached hydrogen (secondary N) is 1. The lowest BCUT2D eigenvalue weighted by Crippen LogP contribution is -2.15. The van der Waals surface area contributed by atoms with Crippen molar-refractivity contribution in [1.82, 2.24) is 0 Å². The van der Waals surface area contributed by atoms with Gasteiger partial charge in [-0.05, 0) is 48.1 Å². The molecule has 0 radical (unpaired) electrons. The summed E-state index contributed by atoms with van der Waals surface area (Å²) in [5, 5.41) is 12.7. The molecule has 0 atom stereocenters. The number of hydrogen-bond acceptors (Lipinski definition) is 4. The van der Waals surface area contributed by atoms with E-state index in [4.69, 9.17) is 32.7 Å². The average molecular weight is 401 g/mol. The molecule has 1 amide bonds. The number of rotatable bonds is 4. The van der Waals surface area contributed by atoms with Crippen LogP contribution in [0, 0.1) is 11.3 Å². The van der Waals surface area contributed by atoms with Gasteiger partial charge in [0.2, 0.25) is 0 Å². The molecule has 1 aliphatic rings. The molecule has 1 heterocycles. The van der Waals surface area contributed by atoms with Gasteiger partial charge in [-0.2, -0.15) is 5.26 Å². The summed E-state index contributed by atoms with van der Waals surface area (Å²) in [6.45, 7) is 0.233. The van der Waals surface area contributed by atoms with Gasteiger partial charge in [0.15, 0.2) is 0 Å². The van der Waals surface area contributed by atoms with E-state index in [2.05, 4.69) is 5.32 Å². The van der Waals surface area contributed by atoms with Crippen molar-refractivity contribution in [3.8, 4) is 17.6 Å². The zero-order chi connectivity index (χ0) is 19.4. The zero-order valence-electron chi connectivity index (χ0n) is 14.3. The predicted octanol–water partition coefficient (Wildman–Crippen LogP) is 4.87. The van der Waals surface area contributed by atoms with Gasteiger partial charge < -0.3 is 14.8 Å². The van der Waals surface area contributed by atoms with Crippen LogP contribution < -0.4 is 14.8 Å². The molecule has 0 saturated heterocycles. The monoisotopic (exact) mass is 400 g/mol. The summed E-state index contributed by atoms with van der Waals surface area (Å²) in [6.07, 6.45) is 3.34. The van der Waals surface area contributed by atoms with Crippen molar-refractivity contribution in [1.29, 1.82) is 5.26 Å². The van der Waals surface area contributed by atoms with Crippen LogP contribution in [0.4, 0.5) is 5.69 Å². The second-order valence-corrected chi connectivity index (χ2v) is 6.50. The van der Waals surface area contributed by atoms with E-state index in [1.807, 2.05) is 24.3 Å². The number of benzene rings is 2. The summed E-state index contributed by atoms with van der Waals surface area (Å²) in [5.41, 5.74) is 1.79. The van der Waals surface area contributed by atoms with Gasteiger partial charge in [0.1, 0.15) is 29.7 Å². The van der Waals surface area contributed by atoms with Gasteiger partial charge in [-0.3, -0.25) is 4.79 Å². The average Bonchev–Trinajstić information content (AvgIpc) is 2.68. The van der Waals surface area contributed by atoms with Crippen molar-refractivity contribution in [3.05, 3.63) is 69.2 Å². The SMILES string of the molecule is COc1ccc2c(c1)OCC(/C=C(\C#N)C(=O)Nc1cc(Cl)ccc1Cl)=C2. The van der Waals surface area contributed by atoms with Gasteiger partial charge in [-0.1, -0.05) is 23.2 Å². The van der Waals surface area contributed by atoms with Crippen molar-refractivity contribution in [2.45, 2.75) is 0 Å². The van der Waals surface area contributed by atoms with Crippen molar-refractivity contribution >= 4 is 40.9 Å². The highest BCUT2D eigenvalue weighted by Gasteiger charge is 2.16. The molecule has 2 aromatic carbocycles. The molecule has 0 fully saturated rings. The number of carbonyl (C=O) groups is 1. The number of nitrogens with zero attached hydrogens (tertiary/aromatic N) is 1. The van der Waals surface area contributed by atoms with Gasteiger partial charge in [0.25, 0.3) is 5.91 Å². The van der Waals surface area contributed by atoms with E-state index in [-0.39, 0.29) is 12.2 Å². The molecule has 0 unspecified atom stereocenters. The Hall–Kier alpha value is -2.94. The van der Waals surface area contributed by atoms with Crippen LogP contribution in [0.5, 0.6) is 11.5 Å². The van der Waals surface area contributed by atoms with E-state index in [1.165, 1.54) is 12.1 Å². The number of nitriles is 1. The van der Waals surface area contributed by atoms with Crippen LogP contribution in [0.1, 0.15) is 5.56 Å². The van der Waals surface area contributed by atoms with Gasteiger partial charge >= 0.3 is 0 Å². The maximum atomic E-state index is 12.4. The van der Waals surface area contributed by atoms with E-state index in [0.717, 1.165) is 5.56 Å². The van der Waals surface area contributed by atoms with Crippen LogP contribution in [-0.4, -0.2) is 19.6 Å². The second-order valence-electron chi connectivity index (χ2n) is 5.66. The number of methoxy groups -OCH3 is 1. The molecule has 3 rings (SSSR count). The molecular weight excluding hydrogens is 387 g/mol. The van der Waals surface area contributed by atoms with Crippen LogP contribution in [0.25, 0.3) is 6.08 Å². The Kier molecular flexibility index (Phi) is 5.70. The lowest BCUT2D eigenvalue weighted by atomic mass is 10.0. The lowest BCUT2D eigenvalue weighted by molar-refractivity contribution is -0.112. The number of anilines is 1. The zero-order valence-corrected chi connectivity index (χ0v) is 15.8. The Morgan fingerprint density at radius 1 is 1.30 bits per heavy atom. The molecule has 0 aromatic heterocycles. The van der Waals surface area contributed by atoms with Crippen molar-refractivity contribution in [3.63, 3.8) is 0 Å². The van der Waals surface area contributed by atoms with Gasteiger partial charge in [0, 0.05) is 16.7 Å². The third-order valence-electron chi connectivity index (χ3n) is 3.83. The fourth-order valence-electron chi connectivity index (χ4n) is 2.49. The van der Waals surface area contributed by atoms with Crippen LogP contribution in [0.2, 0.25) is 10.0 Å².